The van der Waals surface area contributed by atoms with Crippen LogP contribution < -0.4 is 4.74 Å². The number of ether oxygens (including phenoxy) is 1. The Labute approximate surface area is 98.7 Å². The smallest absolute Gasteiger partial charge is 0.320 e. The van der Waals surface area contributed by atoms with Crippen LogP contribution in [-0.4, -0.2) is 17.0 Å². The van der Waals surface area contributed by atoms with Crippen molar-refractivity contribution in [3.05, 3.63) is 32.0 Å². The number of nitrogens with zero attached hydrogens (tertiary/aromatic N) is 1. The van der Waals surface area contributed by atoms with E-state index in [4.69, 9.17) is 4.74 Å². The Kier molecular flexibility index (Phi) is 2.51. The SMILES string of the molecule is COc1ccc2[nH]c(I)cc2c1[N+](=O)[O-]. The van der Waals surface area contributed by atoms with Gasteiger partial charge in [-0.25, -0.2) is 0 Å². The van der Waals surface area contributed by atoms with Gasteiger partial charge in [0.05, 0.1) is 26.6 Å². The molecule has 0 aliphatic heterocycles. The van der Waals surface area contributed by atoms with Gasteiger partial charge in [0.2, 0.25) is 0 Å². The van der Waals surface area contributed by atoms with E-state index in [0.717, 1.165) is 9.22 Å². The molecule has 0 saturated carbocycles. The molecule has 2 aromatic rings. The maximum Gasteiger partial charge on any atom is 0.320 e. The van der Waals surface area contributed by atoms with Crippen LogP contribution in [-0.2, 0) is 0 Å². The predicted octanol–water partition coefficient (Wildman–Crippen LogP) is 2.69. The quantitative estimate of drug-likeness (QED) is 0.526. The molecule has 0 atom stereocenters. The van der Waals surface area contributed by atoms with Gasteiger partial charge >= 0.3 is 5.69 Å². The number of aromatic nitrogens is 1. The molecule has 0 aliphatic carbocycles. The van der Waals surface area contributed by atoms with E-state index in [9.17, 15) is 10.1 Å². The maximum absolute atomic E-state index is 10.9. The second-order valence-electron chi connectivity index (χ2n) is 2.95. The topological polar surface area (TPSA) is 68.2 Å². The molecule has 78 valence electrons. The van der Waals surface area contributed by atoms with E-state index in [1.807, 2.05) is 0 Å². The molecule has 0 saturated heterocycles. The first kappa shape index (κ1) is 10.2. The van der Waals surface area contributed by atoms with E-state index in [1.165, 1.54) is 7.11 Å². The second-order valence-corrected chi connectivity index (χ2v) is 4.11. The number of rotatable bonds is 2. The van der Waals surface area contributed by atoms with Gasteiger partial charge in [-0.15, -0.1) is 0 Å². The van der Waals surface area contributed by atoms with Crippen molar-refractivity contribution in [2.45, 2.75) is 0 Å². The summed E-state index contributed by atoms with van der Waals surface area (Å²) in [6, 6.07) is 5.09. The number of hydrogen-bond acceptors (Lipinski definition) is 3. The lowest BCUT2D eigenvalue weighted by atomic mass is 10.2. The number of aromatic amines is 1. The minimum Gasteiger partial charge on any atom is -0.490 e. The minimum atomic E-state index is -0.426. The fraction of sp³-hybridized carbons (Fsp3) is 0.111. The molecular weight excluding hydrogens is 311 g/mol. The van der Waals surface area contributed by atoms with Gasteiger partial charge in [0.25, 0.3) is 0 Å². The summed E-state index contributed by atoms with van der Waals surface area (Å²) in [7, 11) is 1.42. The lowest BCUT2D eigenvalue weighted by molar-refractivity contribution is -0.383. The van der Waals surface area contributed by atoms with Crippen LogP contribution in [0.25, 0.3) is 10.9 Å². The molecule has 1 heterocycles. The summed E-state index contributed by atoms with van der Waals surface area (Å²) in [6.45, 7) is 0. The highest BCUT2D eigenvalue weighted by Gasteiger charge is 2.20. The summed E-state index contributed by atoms with van der Waals surface area (Å²) in [5.41, 5.74) is 0.751. The van der Waals surface area contributed by atoms with Gasteiger partial charge in [0.1, 0.15) is 0 Å². The first-order chi connectivity index (χ1) is 7.13. The Morgan fingerprint density at radius 2 is 2.27 bits per heavy atom. The van der Waals surface area contributed by atoms with Gasteiger partial charge in [-0.1, -0.05) is 0 Å². The summed E-state index contributed by atoms with van der Waals surface area (Å²) >= 11 is 2.08. The van der Waals surface area contributed by atoms with E-state index in [2.05, 4.69) is 27.6 Å². The molecule has 0 unspecified atom stereocenters. The highest BCUT2D eigenvalue weighted by atomic mass is 127. The number of nitro groups is 1. The van der Waals surface area contributed by atoms with Crippen LogP contribution in [0.1, 0.15) is 0 Å². The van der Waals surface area contributed by atoms with Gasteiger partial charge in [-0.2, -0.15) is 0 Å². The van der Waals surface area contributed by atoms with Gasteiger partial charge in [0, 0.05) is 0 Å². The van der Waals surface area contributed by atoms with Crippen molar-refractivity contribution in [2.24, 2.45) is 0 Å². The van der Waals surface area contributed by atoms with Gasteiger partial charge in [-0.3, -0.25) is 10.1 Å². The van der Waals surface area contributed by atoms with Crippen LogP contribution in [0.4, 0.5) is 5.69 Å². The van der Waals surface area contributed by atoms with Crippen LogP contribution in [0, 0.1) is 13.8 Å². The summed E-state index contributed by atoms with van der Waals surface area (Å²) in [6.07, 6.45) is 0. The normalized spacial score (nSPS) is 10.5. The summed E-state index contributed by atoms with van der Waals surface area (Å²) in [5.74, 6) is 0.280. The van der Waals surface area contributed by atoms with Crippen LogP contribution in [0.3, 0.4) is 0 Å². The molecule has 0 bridgehead atoms. The van der Waals surface area contributed by atoms with E-state index < -0.39 is 4.92 Å². The summed E-state index contributed by atoms with van der Waals surface area (Å²) < 4.78 is 5.83. The predicted molar refractivity (Wildman–Crippen MR) is 64.2 cm³/mol. The molecule has 1 aromatic heterocycles. The zero-order valence-electron chi connectivity index (χ0n) is 7.78. The molecule has 0 spiro atoms. The average molecular weight is 318 g/mol. The number of nitro benzene ring substituents is 1. The largest absolute Gasteiger partial charge is 0.490 e. The number of H-pyrrole nitrogens is 1. The Morgan fingerprint density at radius 1 is 1.53 bits per heavy atom. The lowest BCUT2D eigenvalue weighted by Crippen LogP contribution is -1.93. The average Bonchev–Trinajstić information content (AvgIpc) is 2.55. The first-order valence-corrected chi connectivity index (χ1v) is 5.21. The Bertz CT molecular complexity index is 535. The first-order valence-electron chi connectivity index (χ1n) is 4.13. The zero-order valence-corrected chi connectivity index (χ0v) is 9.94. The number of halogens is 1. The molecule has 2 rings (SSSR count). The van der Waals surface area contributed by atoms with E-state index in [1.54, 1.807) is 18.2 Å². The lowest BCUT2D eigenvalue weighted by Gasteiger charge is -2.01. The van der Waals surface area contributed by atoms with Crippen molar-refractivity contribution < 1.29 is 9.66 Å². The number of methoxy groups -OCH3 is 1. The molecule has 0 fully saturated rings. The van der Waals surface area contributed by atoms with Crippen LogP contribution in [0.2, 0.25) is 0 Å². The van der Waals surface area contributed by atoms with Gasteiger partial charge < -0.3 is 9.72 Å². The molecule has 5 nitrogen and oxygen atoms in total. The Morgan fingerprint density at radius 3 is 2.87 bits per heavy atom. The third-order valence-corrected chi connectivity index (χ3v) is 2.69. The van der Waals surface area contributed by atoms with E-state index >= 15 is 0 Å². The maximum atomic E-state index is 10.9. The van der Waals surface area contributed by atoms with Gasteiger partial charge in [0.15, 0.2) is 5.75 Å². The minimum absolute atomic E-state index is 0.00849. The Balaban J connectivity index is 2.83. The molecule has 0 radical (unpaired) electrons. The van der Waals surface area contributed by atoms with Gasteiger partial charge in [-0.05, 0) is 40.8 Å². The molecule has 6 heteroatoms. The number of fused-ring (bicyclic) bond motifs is 1. The van der Waals surface area contributed by atoms with Crippen LogP contribution in [0.15, 0.2) is 18.2 Å². The van der Waals surface area contributed by atoms with E-state index in [-0.39, 0.29) is 11.4 Å². The van der Waals surface area contributed by atoms with Crippen molar-refractivity contribution in [2.75, 3.05) is 7.11 Å². The fourth-order valence-corrected chi connectivity index (χ4v) is 2.09. The van der Waals surface area contributed by atoms with Crippen molar-refractivity contribution in [1.82, 2.24) is 4.98 Å². The van der Waals surface area contributed by atoms with Crippen molar-refractivity contribution in [3.63, 3.8) is 0 Å². The second kappa shape index (κ2) is 3.69. The molecule has 0 aliphatic rings. The van der Waals surface area contributed by atoms with Crippen molar-refractivity contribution >= 4 is 39.2 Å². The zero-order chi connectivity index (χ0) is 11.0. The van der Waals surface area contributed by atoms with Crippen LogP contribution >= 0.6 is 22.6 Å². The third-order valence-electron chi connectivity index (χ3n) is 2.11. The molecule has 1 N–H and O–H groups in total. The van der Waals surface area contributed by atoms with Crippen LogP contribution in [0.5, 0.6) is 5.75 Å². The van der Waals surface area contributed by atoms with Crippen molar-refractivity contribution in [1.29, 1.82) is 0 Å². The highest BCUT2D eigenvalue weighted by Crippen LogP contribution is 2.35. The molecule has 0 amide bonds. The summed E-state index contributed by atoms with van der Waals surface area (Å²) in [5, 5.41) is 11.5. The number of benzene rings is 1. The molecule has 15 heavy (non-hydrogen) atoms. The summed E-state index contributed by atoms with van der Waals surface area (Å²) in [4.78, 5) is 13.5. The number of hydrogen-bond donors (Lipinski definition) is 1. The van der Waals surface area contributed by atoms with E-state index in [0.29, 0.717) is 5.39 Å². The highest BCUT2D eigenvalue weighted by molar-refractivity contribution is 14.1. The standard InChI is InChI=1S/C9H7IN2O3/c1-15-7-3-2-6-5(4-8(10)11-6)9(7)12(13)14/h2-4,11H,1H3. The van der Waals surface area contributed by atoms with Crippen molar-refractivity contribution in [3.8, 4) is 5.75 Å². The molecule has 1 aromatic carbocycles. The third kappa shape index (κ3) is 1.65. The monoisotopic (exact) mass is 318 g/mol. The fourth-order valence-electron chi connectivity index (χ4n) is 1.49. The Hall–Kier alpha value is -1.31. The number of nitrogens with one attached hydrogen (secondary N) is 1. The molecular formula is C9H7IN2O3.